The fraction of sp³-hybridized carbons (Fsp3) is 0.294. The van der Waals surface area contributed by atoms with Gasteiger partial charge in [-0.3, -0.25) is 0 Å². The van der Waals surface area contributed by atoms with Gasteiger partial charge in [0, 0.05) is 11.1 Å². The van der Waals surface area contributed by atoms with Gasteiger partial charge in [0.2, 0.25) is 0 Å². The molecule has 1 unspecified atom stereocenters. The molecule has 0 saturated heterocycles. The van der Waals surface area contributed by atoms with Crippen molar-refractivity contribution in [1.82, 2.24) is 0 Å². The van der Waals surface area contributed by atoms with Gasteiger partial charge >= 0.3 is 0 Å². The van der Waals surface area contributed by atoms with Gasteiger partial charge in [-0.25, -0.2) is 4.39 Å². The van der Waals surface area contributed by atoms with E-state index >= 15 is 0 Å². The molecule has 106 valence electrons. The number of rotatable bonds is 3. The van der Waals surface area contributed by atoms with E-state index in [1.807, 2.05) is 6.92 Å². The molecule has 0 bridgehead atoms. The van der Waals surface area contributed by atoms with E-state index in [1.54, 1.807) is 12.1 Å². The van der Waals surface area contributed by atoms with Crippen LogP contribution < -0.4 is 5.32 Å². The van der Waals surface area contributed by atoms with Crippen molar-refractivity contribution in [2.75, 3.05) is 5.32 Å². The standard InChI is InChI=1S/C17H19ClFN/c1-10-7-11(2)17(12(3)8-10)13(4)20-16-6-5-14(18)9-15(16)19/h5-9,13,20H,1-4H3. The molecule has 0 amide bonds. The van der Waals surface area contributed by atoms with Gasteiger partial charge in [-0.05, 0) is 62.6 Å². The van der Waals surface area contributed by atoms with Crippen LogP contribution in [0.5, 0.6) is 0 Å². The summed E-state index contributed by atoms with van der Waals surface area (Å²) >= 11 is 5.77. The van der Waals surface area contributed by atoms with E-state index < -0.39 is 0 Å². The van der Waals surface area contributed by atoms with Gasteiger partial charge in [-0.15, -0.1) is 0 Å². The Kier molecular flexibility index (Phi) is 4.34. The first-order valence-corrected chi connectivity index (χ1v) is 7.05. The second-order valence-electron chi connectivity index (χ2n) is 5.30. The molecule has 1 nitrogen and oxygen atoms in total. The molecular formula is C17H19ClFN. The maximum absolute atomic E-state index is 13.8. The molecule has 0 aliphatic rings. The minimum Gasteiger partial charge on any atom is -0.376 e. The van der Waals surface area contributed by atoms with Crippen molar-refractivity contribution in [2.45, 2.75) is 33.7 Å². The average Bonchev–Trinajstić information content (AvgIpc) is 2.31. The van der Waals surface area contributed by atoms with Crippen molar-refractivity contribution in [3.63, 3.8) is 0 Å². The zero-order chi connectivity index (χ0) is 14.9. The van der Waals surface area contributed by atoms with Crippen LogP contribution in [-0.4, -0.2) is 0 Å². The zero-order valence-electron chi connectivity index (χ0n) is 12.2. The molecule has 1 N–H and O–H groups in total. The monoisotopic (exact) mass is 291 g/mol. The molecule has 2 rings (SSSR count). The predicted molar refractivity (Wildman–Crippen MR) is 84.1 cm³/mol. The Morgan fingerprint density at radius 1 is 1.05 bits per heavy atom. The van der Waals surface area contributed by atoms with E-state index in [1.165, 1.54) is 28.3 Å². The largest absolute Gasteiger partial charge is 0.376 e. The smallest absolute Gasteiger partial charge is 0.147 e. The van der Waals surface area contributed by atoms with Crippen molar-refractivity contribution in [2.24, 2.45) is 0 Å². The number of hydrogen-bond donors (Lipinski definition) is 1. The quantitative estimate of drug-likeness (QED) is 0.778. The highest BCUT2D eigenvalue weighted by Gasteiger charge is 2.13. The normalized spacial score (nSPS) is 12.3. The highest BCUT2D eigenvalue weighted by molar-refractivity contribution is 6.30. The Hall–Kier alpha value is -1.54. The number of aryl methyl sites for hydroxylation is 3. The van der Waals surface area contributed by atoms with Gasteiger partial charge in [0.05, 0.1) is 5.69 Å². The molecule has 0 aromatic heterocycles. The molecule has 0 spiro atoms. The Morgan fingerprint density at radius 2 is 1.65 bits per heavy atom. The van der Waals surface area contributed by atoms with Crippen LogP contribution in [-0.2, 0) is 0 Å². The summed E-state index contributed by atoms with van der Waals surface area (Å²) in [7, 11) is 0. The molecule has 0 radical (unpaired) electrons. The summed E-state index contributed by atoms with van der Waals surface area (Å²) in [6.07, 6.45) is 0. The number of hydrogen-bond acceptors (Lipinski definition) is 1. The fourth-order valence-corrected chi connectivity index (χ4v) is 2.94. The summed E-state index contributed by atoms with van der Waals surface area (Å²) in [4.78, 5) is 0. The zero-order valence-corrected chi connectivity index (χ0v) is 13.0. The van der Waals surface area contributed by atoms with Crippen LogP contribution in [0.4, 0.5) is 10.1 Å². The van der Waals surface area contributed by atoms with E-state index in [0.717, 1.165) is 0 Å². The minimum atomic E-state index is -0.327. The van der Waals surface area contributed by atoms with Crippen LogP contribution >= 0.6 is 11.6 Å². The molecule has 20 heavy (non-hydrogen) atoms. The summed E-state index contributed by atoms with van der Waals surface area (Å²) < 4.78 is 13.8. The van der Waals surface area contributed by atoms with Gasteiger partial charge in [0.25, 0.3) is 0 Å². The Bertz CT molecular complexity index is 614. The Morgan fingerprint density at radius 3 is 2.20 bits per heavy atom. The molecule has 0 aliphatic carbocycles. The van der Waals surface area contributed by atoms with Crippen LogP contribution in [0.2, 0.25) is 5.02 Å². The summed E-state index contributed by atoms with van der Waals surface area (Å²) in [5.41, 5.74) is 5.37. The lowest BCUT2D eigenvalue weighted by Crippen LogP contribution is -2.11. The summed E-state index contributed by atoms with van der Waals surface area (Å²) in [6.45, 7) is 8.30. The number of benzene rings is 2. The second kappa shape index (κ2) is 5.84. The van der Waals surface area contributed by atoms with Crippen LogP contribution in [0.15, 0.2) is 30.3 Å². The third-order valence-electron chi connectivity index (χ3n) is 3.47. The van der Waals surface area contributed by atoms with Crippen LogP contribution in [0.3, 0.4) is 0 Å². The topological polar surface area (TPSA) is 12.0 Å². The third kappa shape index (κ3) is 3.13. The SMILES string of the molecule is Cc1cc(C)c(C(C)Nc2ccc(Cl)cc2F)c(C)c1. The first-order valence-electron chi connectivity index (χ1n) is 6.68. The van der Waals surface area contributed by atoms with Crippen molar-refractivity contribution in [3.8, 4) is 0 Å². The van der Waals surface area contributed by atoms with Gasteiger partial charge in [-0.1, -0.05) is 29.3 Å². The number of nitrogens with one attached hydrogen (secondary N) is 1. The first-order chi connectivity index (χ1) is 9.38. The van der Waals surface area contributed by atoms with E-state index in [-0.39, 0.29) is 11.9 Å². The van der Waals surface area contributed by atoms with Crippen molar-refractivity contribution in [1.29, 1.82) is 0 Å². The van der Waals surface area contributed by atoms with Crippen molar-refractivity contribution < 1.29 is 4.39 Å². The van der Waals surface area contributed by atoms with E-state index in [0.29, 0.717) is 10.7 Å². The predicted octanol–water partition coefficient (Wildman–Crippen LogP) is 5.58. The maximum atomic E-state index is 13.8. The van der Waals surface area contributed by atoms with Gasteiger partial charge in [0.15, 0.2) is 0 Å². The van der Waals surface area contributed by atoms with E-state index in [4.69, 9.17) is 11.6 Å². The molecule has 0 heterocycles. The lowest BCUT2D eigenvalue weighted by atomic mass is 9.95. The van der Waals surface area contributed by atoms with Gasteiger partial charge in [0.1, 0.15) is 5.82 Å². The number of anilines is 1. The lowest BCUT2D eigenvalue weighted by molar-refractivity contribution is 0.627. The summed E-state index contributed by atoms with van der Waals surface area (Å²) in [5.74, 6) is -0.327. The molecule has 0 fully saturated rings. The van der Waals surface area contributed by atoms with E-state index in [2.05, 4.69) is 38.2 Å². The Balaban J connectivity index is 2.31. The molecule has 0 saturated carbocycles. The lowest BCUT2D eigenvalue weighted by Gasteiger charge is -2.21. The van der Waals surface area contributed by atoms with Gasteiger partial charge < -0.3 is 5.32 Å². The molecule has 0 aliphatic heterocycles. The van der Waals surface area contributed by atoms with Gasteiger partial charge in [-0.2, -0.15) is 0 Å². The van der Waals surface area contributed by atoms with Crippen LogP contribution in [0.1, 0.15) is 35.2 Å². The molecule has 2 aromatic carbocycles. The molecule has 2 aromatic rings. The maximum Gasteiger partial charge on any atom is 0.147 e. The van der Waals surface area contributed by atoms with Crippen molar-refractivity contribution in [3.05, 3.63) is 63.4 Å². The molecular weight excluding hydrogens is 273 g/mol. The highest BCUT2D eigenvalue weighted by atomic mass is 35.5. The van der Waals surface area contributed by atoms with Crippen LogP contribution in [0.25, 0.3) is 0 Å². The van der Waals surface area contributed by atoms with Crippen molar-refractivity contribution >= 4 is 17.3 Å². The minimum absolute atomic E-state index is 0.0336. The Labute approximate surface area is 124 Å². The van der Waals surface area contributed by atoms with Crippen LogP contribution in [0, 0.1) is 26.6 Å². The second-order valence-corrected chi connectivity index (χ2v) is 5.74. The fourth-order valence-electron chi connectivity index (χ4n) is 2.79. The number of halogens is 2. The third-order valence-corrected chi connectivity index (χ3v) is 3.71. The van der Waals surface area contributed by atoms with E-state index in [9.17, 15) is 4.39 Å². The average molecular weight is 292 g/mol. The molecule has 3 heteroatoms. The summed E-state index contributed by atoms with van der Waals surface area (Å²) in [5, 5.41) is 3.63. The highest BCUT2D eigenvalue weighted by Crippen LogP contribution is 2.28. The first kappa shape index (κ1) is 14.9. The molecule has 1 atom stereocenters. The summed E-state index contributed by atoms with van der Waals surface area (Å²) in [6, 6.07) is 9.02.